The van der Waals surface area contributed by atoms with Crippen LogP contribution in [0.5, 0.6) is 0 Å². The fourth-order valence-electron chi connectivity index (χ4n) is 6.14. The Balaban J connectivity index is 3.38. The van der Waals surface area contributed by atoms with Crippen LogP contribution in [0.3, 0.4) is 0 Å². The van der Waals surface area contributed by atoms with Gasteiger partial charge < -0.3 is 20.5 Å². The molecule has 0 spiro atoms. The molecule has 0 aliphatic heterocycles. The van der Waals surface area contributed by atoms with Crippen molar-refractivity contribution in [3.63, 3.8) is 0 Å². The van der Waals surface area contributed by atoms with E-state index in [1.165, 1.54) is 109 Å². The van der Waals surface area contributed by atoms with Crippen molar-refractivity contribution < 1.29 is 33.1 Å². The normalized spacial score (nSPS) is 14.2. The number of hydrogen-bond donors (Lipinski definition) is 3. The Bertz CT molecular complexity index is 1160. The third-order valence-electron chi connectivity index (χ3n) is 9.53. The minimum Gasteiger partial charge on any atom is -0.463 e. The Hall–Kier alpha value is -2.32. The van der Waals surface area contributed by atoms with Crippen LogP contribution in [0.15, 0.2) is 85.1 Å². The van der Waals surface area contributed by atoms with Gasteiger partial charge in [-0.3, -0.25) is 13.8 Å². The number of allylic oxidation sites excluding steroid dienone is 14. The summed E-state index contributed by atoms with van der Waals surface area (Å²) in [7, 11) is -4.26. The molecule has 9 heteroatoms. The first-order valence-corrected chi connectivity index (χ1v) is 24.6. The molecule has 0 bridgehead atoms. The molecule has 0 saturated carbocycles. The molecule has 0 fully saturated rings. The molecule has 0 saturated heterocycles. The zero-order valence-electron chi connectivity index (χ0n) is 36.7. The van der Waals surface area contributed by atoms with Crippen molar-refractivity contribution in [3.05, 3.63) is 85.1 Å². The molecule has 0 aliphatic rings. The van der Waals surface area contributed by atoms with Gasteiger partial charge in [0, 0.05) is 13.0 Å². The largest absolute Gasteiger partial charge is 0.472 e. The van der Waals surface area contributed by atoms with E-state index in [0.717, 1.165) is 64.2 Å². The van der Waals surface area contributed by atoms with Gasteiger partial charge in [0.2, 0.25) is 0 Å². The lowest BCUT2D eigenvalue weighted by Crippen LogP contribution is -2.23. The van der Waals surface area contributed by atoms with Crippen molar-refractivity contribution >= 4 is 13.8 Å². The topological polar surface area (TPSA) is 128 Å². The number of unbranched alkanes of at least 4 members (excludes halogenated alkanes) is 19. The summed E-state index contributed by atoms with van der Waals surface area (Å²) in [6.07, 6.45) is 63.6. The molecule has 0 rings (SSSR count). The number of ether oxygens (including phenoxy) is 1. The Morgan fingerprint density at radius 1 is 0.517 bits per heavy atom. The molecular formula is C49H86NO7P. The molecule has 0 radical (unpaired) electrons. The Labute approximate surface area is 355 Å². The summed E-state index contributed by atoms with van der Waals surface area (Å²) in [4.78, 5) is 21.3. The average molecular weight is 832 g/mol. The molecule has 0 amide bonds. The van der Waals surface area contributed by atoms with Gasteiger partial charge in [-0.2, -0.15) is 0 Å². The number of rotatable bonds is 43. The molecule has 334 valence electrons. The van der Waals surface area contributed by atoms with Gasteiger partial charge in [0.25, 0.3) is 0 Å². The summed E-state index contributed by atoms with van der Waals surface area (Å²) < 4.78 is 25.8. The third-order valence-corrected chi connectivity index (χ3v) is 10.5. The van der Waals surface area contributed by atoms with Crippen LogP contribution in [0.4, 0.5) is 0 Å². The molecule has 0 aromatic rings. The van der Waals surface area contributed by atoms with Crippen LogP contribution in [0.25, 0.3) is 0 Å². The van der Waals surface area contributed by atoms with Gasteiger partial charge in [-0.05, 0) is 64.2 Å². The summed E-state index contributed by atoms with van der Waals surface area (Å²) in [6.45, 7) is 1.35. The quantitative estimate of drug-likeness (QED) is 0.0240. The second kappa shape index (κ2) is 45.8. The number of phosphoric ester groups is 1. The van der Waals surface area contributed by atoms with E-state index in [0.29, 0.717) is 6.42 Å². The van der Waals surface area contributed by atoms with Crippen molar-refractivity contribution in [2.75, 3.05) is 26.4 Å². The third kappa shape index (κ3) is 46.4. The maximum atomic E-state index is 11.9. The fourth-order valence-corrected chi connectivity index (χ4v) is 6.91. The number of carbonyl (C=O) groups excluding carboxylic acids is 1. The zero-order chi connectivity index (χ0) is 42.3. The maximum absolute atomic E-state index is 11.9. The molecule has 8 nitrogen and oxygen atoms in total. The van der Waals surface area contributed by atoms with E-state index in [9.17, 15) is 19.4 Å². The second-order valence-corrected chi connectivity index (χ2v) is 16.6. The standard InChI is InChI=1S/C49H86NO7P/c1-2-3-4-5-6-7-8-9-10-11-12-13-14-15-16-17-18-19-20-21-22-23-24-25-26-27-28-29-30-31-32-33-34-35-36-37-38-39-40-41-42-43-49(52)55-46-48(51)47-57-58(53,54)56-45-44-50/h3-4,6-7,9-10,12-13,15-16,18-19,21-22,48,51H,2,5,8,11,14,17,20,23-47,50H2,1H3,(H,53,54)/b4-3-,7-6-,10-9-,13-12-,16-15-,19-18-,22-21-. The maximum Gasteiger partial charge on any atom is 0.472 e. The molecule has 2 atom stereocenters. The highest BCUT2D eigenvalue weighted by molar-refractivity contribution is 7.47. The molecule has 2 unspecified atom stereocenters. The minimum absolute atomic E-state index is 0.0729. The molecule has 0 aliphatic carbocycles. The van der Waals surface area contributed by atoms with Gasteiger partial charge >= 0.3 is 13.8 Å². The number of nitrogens with two attached hydrogens (primary N) is 1. The number of hydrogen-bond acceptors (Lipinski definition) is 7. The Morgan fingerprint density at radius 2 is 0.862 bits per heavy atom. The van der Waals surface area contributed by atoms with Crippen molar-refractivity contribution in [2.24, 2.45) is 5.73 Å². The SMILES string of the molecule is CC/C=C\C/C=C\C/C=C\C/C=C\C/C=C\C/C=C\C/C=C\CCCCCCCCCCCCCCCCCCCCCC(=O)OCC(O)COP(=O)(O)OCCN. The van der Waals surface area contributed by atoms with E-state index < -0.39 is 20.5 Å². The van der Waals surface area contributed by atoms with Gasteiger partial charge in [0.1, 0.15) is 12.7 Å². The number of carbonyl (C=O) groups is 1. The summed E-state index contributed by atoms with van der Waals surface area (Å²) in [6, 6.07) is 0. The molecule has 0 aromatic carbocycles. The monoisotopic (exact) mass is 832 g/mol. The smallest absolute Gasteiger partial charge is 0.463 e. The minimum atomic E-state index is -4.26. The Morgan fingerprint density at radius 3 is 1.24 bits per heavy atom. The van der Waals surface area contributed by atoms with Gasteiger partial charge in [-0.1, -0.05) is 201 Å². The lowest BCUT2D eigenvalue weighted by atomic mass is 10.0. The second-order valence-electron chi connectivity index (χ2n) is 15.1. The van der Waals surface area contributed by atoms with Gasteiger partial charge in [0.15, 0.2) is 0 Å². The molecule has 0 aromatic heterocycles. The van der Waals surface area contributed by atoms with E-state index in [1.807, 2.05) is 0 Å². The molecule has 58 heavy (non-hydrogen) atoms. The summed E-state index contributed by atoms with van der Waals surface area (Å²) in [5.74, 6) is -0.385. The van der Waals surface area contributed by atoms with Crippen LogP contribution in [-0.4, -0.2) is 48.4 Å². The van der Waals surface area contributed by atoms with Gasteiger partial charge in [0.05, 0.1) is 13.2 Å². The number of phosphoric acid groups is 1. The number of aliphatic hydroxyl groups is 1. The van der Waals surface area contributed by atoms with E-state index in [1.54, 1.807) is 0 Å². The summed E-state index contributed by atoms with van der Waals surface area (Å²) in [5, 5.41) is 9.78. The lowest BCUT2D eigenvalue weighted by Gasteiger charge is -2.15. The van der Waals surface area contributed by atoms with Crippen LogP contribution in [-0.2, 0) is 23.1 Å². The van der Waals surface area contributed by atoms with Crippen LogP contribution in [0, 0.1) is 0 Å². The highest BCUT2D eigenvalue weighted by atomic mass is 31.2. The Kier molecular flexibility index (Phi) is 43.9. The molecule has 0 heterocycles. The van der Waals surface area contributed by atoms with E-state index in [-0.39, 0.29) is 25.7 Å². The van der Waals surface area contributed by atoms with Crippen LogP contribution in [0.2, 0.25) is 0 Å². The summed E-state index contributed by atoms with van der Waals surface area (Å²) in [5.41, 5.74) is 5.21. The summed E-state index contributed by atoms with van der Waals surface area (Å²) >= 11 is 0. The van der Waals surface area contributed by atoms with E-state index >= 15 is 0 Å². The zero-order valence-corrected chi connectivity index (χ0v) is 37.6. The van der Waals surface area contributed by atoms with E-state index in [4.69, 9.17) is 10.5 Å². The van der Waals surface area contributed by atoms with Crippen LogP contribution in [0.1, 0.15) is 187 Å². The van der Waals surface area contributed by atoms with Gasteiger partial charge in [-0.25, -0.2) is 4.57 Å². The first-order valence-electron chi connectivity index (χ1n) is 23.1. The van der Waals surface area contributed by atoms with Crippen molar-refractivity contribution in [1.29, 1.82) is 0 Å². The van der Waals surface area contributed by atoms with Crippen molar-refractivity contribution in [1.82, 2.24) is 0 Å². The first kappa shape index (κ1) is 55.7. The highest BCUT2D eigenvalue weighted by Crippen LogP contribution is 2.42. The van der Waals surface area contributed by atoms with Crippen molar-refractivity contribution in [2.45, 2.75) is 193 Å². The molecule has 4 N–H and O–H groups in total. The van der Waals surface area contributed by atoms with Crippen molar-refractivity contribution in [3.8, 4) is 0 Å². The average Bonchev–Trinajstić information content (AvgIpc) is 3.22. The van der Waals surface area contributed by atoms with E-state index in [2.05, 4.69) is 101 Å². The highest BCUT2D eigenvalue weighted by Gasteiger charge is 2.22. The molecular weight excluding hydrogens is 746 g/mol. The number of aliphatic hydroxyl groups excluding tert-OH is 1. The first-order chi connectivity index (χ1) is 28.4. The van der Waals surface area contributed by atoms with Gasteiger partial charge in [-0.15, -0.1) is 0 Å². The lowest BCUT2D eigenvalue weighted by molar-refractivity contribution is -0.147. The van der Waals surface area contributed by atoms with Crippen LogP contribution < -0.4 is 5.73 Å². The predicted octanol–water partition coefficient (Wildman–Crippen LogP) is 13.8. The fraction of sp³-hybridized carbons (Fsp3) is 0.694. The predicted molar refractivity (Wildman–Crippen MR) is 247 cm³/mol. The number of esters is 1. The van der Waals surface area contributed by atoms with Crippen LogP contribution >= 0.6 is 7.82 Å².